The van der Waals surface area contributed by atoms with Gasteiger partial charge in [-0.3, -0.25) is 13.8 Å². The van der Waals surface area contributed by atoms with Crippen molar-refractivity contribution in [1.29, 1.82) is 0 Å². The summed E-state index contributed by atoms with van der Waals surface area (Å²) in [5.74, 6) is -0.427. The fraction of sp³-hybridized carbons (Fsp3) is 0.143. The van der Waals surface area contributed by atoms with Crippen LogP contribution in [0.3, 0.4) is 0 Å². The molecule has 3 aromatic rings. The maximum absolute atomic E-state index is 12.8. The lowest BCUT2D eigenvalue weighted by Gasteiger charge is -2.28. The van der Waals surface area contributed by atoms with Gasteiger partial charge >= 0.3 is 0 Å². The second-order valence-corrected chi connectivity index (χ2v) is 11.0. The van der Waals surface area contributed by atoms with Crippen LogP contribution in [0.5, 0.6) is 0 Å². The van der Waals surface area contributed by atoms with Gasteiger partial charge in [0, 0.05) is 16.9 Å². The highest BCUT2D eigenvalue weighted by atomic mass is 35.5. The van der Waals surface area contributed by atoms with E-state index in [0.29, 0.717) is 10.7 Å². The summed E-state index contributed by atoms with van der Waals surface area (Å²) in [5.41, 5.74) is 0.583. The van der Waals surface area contributed by atoms with Crippen LogP contribution in [-0.2, 0) is 24.8 Å². The van der Waals surface area contributed by atoms with Gasteiger partial charge < -0.3 is 5.32 Å². The van der Waals surface area contributed by atoms with Gasteiger partial charge in [-0.15, -0.1) is 0 Å². The molecule has 1 aromatic heterocycles. The molecule has 174 valence electrons. The lowest BCUT2D eigenvalue weighted by atomic mass is 10.2. The number of pyridine rings is 1. The molecule has 1 amide bonds. The third-order valence-electron chi connectivity index (χ3n) is 4.51. The number of carbonyl (C=O) groups excluding carboxylic acids is 1. The van der Waals surface area contributed by atoms with E-state index in [9.17, 15) is 21.6 Å². The van der Waals surface area contributed by atoms with E-state index < -0.39 is 32.0 Å². The molecule has 33 heavy (non-hydrogen) atoms. The fourth-order valence-electron chi connectivity index (χ4n) is 2.98. The number of nitrogens with zero attached hydrogens (tertiary/aromatic N) is 2. The quantitative estimate of drug-likeness (QED) is 0.480. The molecular weight excluding hydrogens is 488 g/mol. The average molecular weight is 509 g/mol. The van der Waals surface area contributed by atoms with E-state index in [4.69, 9.17) is 11.6 Å². The summed E-state index contributed by atoms with van der Waals surface area (Å²) in [7, 11) is -7.66. The van der Waals surface area contributed by atoms with Crippen LogP contribution in [0, 0.1) is 0 Å². The normalized spacial score (nSPS) is 12.6. The number of sulfonamides is 2. The summed E-state index contributed by atoms with van der Waals surface area (Å²) in [4.78, 5) is 16.7. The van der Waals surface area contributed by atoms with Crippen LogP contribution in [0.2, 0.25) is 5.02 Å². The highest BCUT2D eigenvalue weighted by Crippen LogP contribution is 2.24. The monoisotopic (exact) mass is 508 g/mol. The van der Waals surface area contributed by atoms with E-state index in [2.05, 4.69) is 15.0 Å². The largest absolute Gasteiger partial charge is 0.324 e. The number of anilines is 3. The molecule has 0 aliphatic rings. The SMILES string of the molecule is C[C@H](C(=O)Nc1ccc(S(=O)(=O)Nc2ccccn2)cc1)N(c1ccc(Cl)cc1)S(C)(=O)=O. The number of benzene rings is 2. The summed E-state index contributed by atoms with van der Waals surface area (Å²) < 4.78 is 53.1. The van der Waals surface area contributed by atoms with E-state index in [-0.39, 0.29) is 16.4 Å². The standard InChI is InChI=1S/C21H21ClN4O5S2/c1-15(26(32(2,28)29)18-10-6-16(22)7-11-18)21(27)24-17-8-12-19(13-9-17)33(30,31)25-20-5-3-4-14-23-20/h3-15H,1-2H3,(H,23,25)(H,24,27)/t15-/m1/s1. The topological polar surface area (TPSA) is 126 Å². The Morgan fingerprint density at radius 3 is 2.15 bits per heavy atom. The fourth-order valence-corrected chi connectivity index (χ4v) is 5.29. The maximum Gasteiger partial charge on any atom is 0.263 e. The van der Waals surface area contributed by atoms with Gasteiger partial charge in [0.1, 0.15) is 11.9 Å². The summed E-state index contributed by atoms with van der Waals surface area (Å²) in [6, 6.07) is 15.2. The van der Waals surface area contributed by atoms with Crippen LogP contribution in [0.1, 0.15) is 6.92 Å². The first-order valence-electron chi connectivity index (χ1n) is 9.57. The van der Waals surface area contributed by atoms with Crippen molar-refractivity contribution in [2.45, 2.75) is 17.9 Å². The predicted octanol–water partition coefficient (Wildman–Crippen LogP) is 3.33. The van der Waals surface area contributed by atoms with Crippen molar-refractivity contribution >= 4 is 54.7 Å². The molecule has 1 heterocycles. The molecule has 0 radical (unpaired) electrons. The summed E-state index contributed by atoms with van der Waals surface area (Å²) in [6.07, 6.45) is 2.46. The third-order valence-corrected chi connectivity index (χ3v) is 7.37. The molecule has 0 spiro atoms. The average Bonchev–Trinajstić information content (AvgIpc) is 2.75. The number of nitrogens with one attached hydrogen (secondary N) is 2. The number of amides is 1. The van der Waals surface area contributed by atoms with Crippen molar-refractivity contribution in [1.82, 2.24) is 4.98 Å². The van der Waals surface area contributed by atoms with Gasteiger partial charge in [-0.1, -0.05) is 17.7 Å². The van der Waals surface area contributed by atoms with E-state index in [1.165, 1.54) is 67.7 Å². The molecule has 9 nitrogen and oxygen atoms in total. The van der Waals surface area contributed by atoms with Crippen molar-refractivity contribution in [3.8, 4) is 0 Å². The molecule has 0 unspecified atom stereocenters. The second-order valence-electron chi connectivity index (χ2n) is 7.05. The van der Waals surface area contributed by atoms with Gasteiger partial charge in [-0.25, -0.2) is 21.8 Å². The lowest BCUT2D eigenvalue weighted by molar-refractivity contribution is -0.116. The smallest absolute Gasteiger partial charge is 0.263 e. The zero-order valence-electron chi connectivity index (χ0n) is 17.6. The zero-order valence-corrected chi connectivity index (χ0v) is 20.0. The molecule has 0 saturated heterocycles. The van der Waals surface area contributed by atoms with Crippen molar-refractivity contribution in [2.75, 3.05) is 20.6 Å². The molecule has 0 saturated carbocycles. The molecular formula is C21H21ClN4O5S2. The van der Waals surface area contributed by atoms with Crippen molar-refractivity contribution < 1.29 is 21.6 Å². The Balaban J connectivity index is 1.76. The van der Waals surface area contributed by atoms with Gasteiger partial charge in [0.05, 0.1) is 16.8 Å². The number of carbonyl (C=O) groups is 1. The Bertz CT molecular complexity index is 1330. The van der Waals surface area contributed by atoms with E-state index in [1.807, 2.05) is 0 Å². The first kappa shape index (κ1) is 24.5. The summed E-state index contributed by atoms with van der Waals surface area (Å²) in [6.45, 7) is 1.45. The number of aromatic nitrogens is 1. The van der Waals surface area contributed by atoms with Gasteiger partial charge in [0.15, 0.2) is 0 Å². The van der Waals surface area contributed by atoms with Crippen molar-refractivity contribution in [3.05, 3.63) is 77.9 Å². The molecule has 0 aliphatic carbocycles. The van der Waals surface area contributed by atoms with Crippen LogP contribution in [-0.4, -0.2) is 40.0 Å². The molecule has 0 fully saturated rings. The van der Waals surface area contributed by atoms with Gasteiger partial charge in [0.25, 0.3) is 10.0 Å². The summed E-state index contributed by atoms with van der Waals surface area (Å²) >= 11 is 5.87. The zero-order chi connectivity index (χ0) is 24.2. The molecule has 12 heteroatoms. The van der Waals surface area contributed by atoms with Crippen LogP contribution >= 0.6 is 11.6 Å². The molecule has 3 rings (SSSR count). The predicted molar refractivity (Wildman–Crippen MR) is 128 cm³/mol. The van der Waals surface area contributed by atoms with E-state index in [1.54, 1.807) is 12.1 Å². The molecule has 0 aliphatic heterocycles. The van der Waals surface area contributed by atoms with Crippen molar-refractivity contribution in [3.63, 3.8) is 0 Å². The Morgan fingerprint density at radius 2 is 1.61 bits per heavy atom. The van der Waals surface area contributed by atoms with Crippen LogP contribution in [0.15, 0.2) is 77.8 Å². The maximum atomic E-state index is 12.8. The Morgan fingerprint density at radius 1 is 0.970 bits per heavy atom. The van der Waals surface area contributed by atoms with Gasteiger partial charge in [-0.05, 0) is 67.6 Å². The number of halogens is 1. The molecule has 2 N–H and O–H groups in total. The number of hydrogen-bond donors (Lipinski definition) is 2. The first-order chi connectivity index (χ1) is 15.5. The van der Waals surface area contributed by atoms with Crippen LogP contribution in [0.4, 0.5) is 17.2 Å². The van der Waals surface area contributed by atoms with Crippen LogP contribution in [0.25, 0.3) is 0 Å². The minimum absolute atomic E-state index is 0.0295. The number of rotatable bonds is 8. The Kier molecular flexibility index (Phi) is 7.25. The van der Waals surface area contributed by atoms with Gasteiger partial charge in [-0.2, -0.15) is 0 Å². The second kappa shape index (κ2) is 9.77. The minimum Gasteiger partial charge on any atom is -0.324 e. The van der Waals surface area contributed by atoms with Gasteiger partial charge in [0.2, 0.25) is 15.9 Å². The minimum atomic E-state index is -3.87. The molecule has 1 atom stereocenters. The molecule has 2 aromatic carbocycles. The Hall–Kier alpha value is -3.15. The number of hydrogen-bond acceptors (Lipinski definition) is 6. The van der Waals surface area contributed by atoms with Crippen LogP contribution < -0.4 is 14.3 Å². The highest BCUT2D eigenvalue weighted by Gasteiger charge is 2.29. The van der Waals surface area contributed by atoms with E-state index in [0.717, 1.165) is 10.6 Å². The lowest BCUT2D eigenvalue weighted by Crippen LogP contribution is -2.45. The summed E-state index contributed by atoms with van der Waals surface area (Å²) in [5, 5.41) is 3.03. The molecule has 0 bridgehead atoms. The first-order valence-corrected chi connectivity index (χ1v) is 13.3. The Labute approximate surface area is 197 Å². The highest BCUT2D eigenvalue weighted by molar-refractivity contribution is 7.92. The van der Waals surface area contributed by atoms with Crippen molar-refractivity contribution in [2.24, 2.45) is 0 Å². The third kappa shape index (κ3) is 6.21. The van der Waals surface area contributed by atoms with E-state index >= 15 is 0 Å².